The summed E-state index contributed by atoms with van der Waals surface area (Å²) in [7, 11) is 2.05. The summed E-state index contributed by atoms with van der Waals surface area (Å²) in [6, 6.07) is 18.1. The maximum absolute atomic E-state index is 3.31. The zero-order valence-electron chi connectivity index (χ0n) is 13.9. The molecule has 0 fully saturated rings. The van der Waals surface area contributed by atoms with E-state index in [4.69, 9.17) is 0 Å². The summed E-state index contributed by atoms with van der Waals surface area (Å²) in [5.41, 5.74) is 6.31. The molecule has 0 heterocycles. The molecule has 0 saturated heterocycles. The molecule has 2 aromatic rings. The Balaban J connectivity index is 2.11. The molecule has 1 atom stereocenters. The molecule has 1 heteroatoms. The first-order valence-corrected chi connectivity index (χ1v) is 8.57. The van der Waals surface area contributed by atoms with Gasteiger partial charge >= 0.3 is 0 Å². The first-order chi connectivity index (χ1) is 10.8. The van der Waals surface area contributed by atoms with Crippen LogP contribution in [-0.2, 0) is 11.8 Å². The Hall–Kier alpha value is -1.60. The Morgan fingerprint density at radius 1 is 1.00 bits per heavy atom. The number of hydrogen-bond donors (Lipinski definition) is 1. The van der Waals surface area contributed by atoms with Gasteiger partial charge in [-0.15, -0.1) is 0 Å². The van der Waals surface area contributed by atoms with Crippen LogP contribution in [0.25, 0.3) is 0 Å². The lowest BCUT2D eigenvalue weighted by molar-refractivity contribution is 0.384. The molecule has 0 unspecified atom stereocenters. The van der Waals surface area contributed by atoms with Crippen molar-refractivity contribution >= 4 is 0 Å². The van der Waals surface area contributed by atoms with Crippen LogP contribution in [0.2, 0.25) is 0 Å². The molecule has 0 spiro atoms. The van der Waals surface area contributed by atoms with E-state index in [2.05, 4.69) is 67.8 Å². The van der Waals surface area contributed by atoms with Gasteiger partial charge in [-0.1, -0.05) is 48.5 Å². The third kappa shape index (κ3) is 2.70. The van der Waals surface area contributed by atoms with E-state index >= 15 is 0 Å². The SMILES string of the molecule is CNCCC[C@]1(c2ccccc2C)CCCc2ccccc21. The Morgan fingerprint density at radius 3 is 2.50 bits per heavy atom. The number of hydrogen-bond acceptors (Lipinski definition) is 1. The highest BCUT2D eigenvalue weighted by Gasteiger charge is 2.38. The van der Waals surface area contributed by atoms with Gasteiger partial charge in [-0.25, -0.2) is 0 Å². The molecule has 22 heavy (non-hydrogen) atoms. The minimum absolute atomic E-state index is 0.205. The quantitative estimate of drug-likeness (QED) is 0.793. The lowest BCUT2D eigenvalue weighted by atomic mass is 9.63. The summed E-state index contributed by atoms with van der Waals surface area (Å²) in [6.45, 7) is 3.36. The minimum Gasteiger partial charge on any atom is -0.320 e. The lowest BCUT2D eigenvalue weighted by Crippen LogP contribution is -2.34. The first kappa shape index (κ1) is 15.3. The van der Waals surface area contributed by atoms with Gasteiger partial charge in [0, 0.05) is 5.41 Å². The van der Waals surface area contributed by atoms with Crippen LogP contribution < -0.4 is 5.32 Å². The van der Waals surface area contributed by atoms with E-state index < -0.39 is 0 Å². The zero-order chi connectivity index (χ0) is 15.4. The van der Waals surface area contributed by atoms with Crippen LogP contribution in [0.1, 0.15) is 47.9 Å². The van der Waals surface area contributed by atoms with Crippen LogP contribution >= 0.6 is 0 Å². The highest BCUT2D eigenvalue weighted by Crippen LogP contribution is 2.46. The lowest BCUT2D eigenvalue weighted by Gasteiger charge is -2.41. The number of nitrogens with one attached hydrogen (secondary N) is 1. The van der Waals surface area contributed by atoms with Crippen molar-refractivity contribution in [2.75, 3.05) is 13.6 Å². The smallest absolute Gasteiger partial charge is 0.0208 e. The van der Waals surface area contributed by atoms with Crippen LogP contribution in [-0.4, -0.2) is 13.6 Å². The molecular formula is C21H27N. The van der Waals surface area contributed by atoms with Gasteiger partial charge in [0.2, 0.25) is 0 Å². The Bertz CT molecular complexity index is 631. The predicted octanol–water partition coefficient (Wildman–Crippen LogP) is 4.62. The maximum atomic E-state index is 3.31. The predicted molar refractivity (Wildman–Crippen MR) is 94.5 cm³/mol. The molecule has 0 bridgehead atoms. The van der Waals surface area contributed by atoms with Crippen molar-refractivity contribution in [3.8, 4) is 0 Å². The monoisotopic (exact) mass is 293 g/mol. The fraction of sp³-hybridized carbons (Fsp3) is 0.429. The van der Waals surface area contributed by atoms with E-state index in [-0.39, 0.29) is 5.41 Å². The molecule has 0 saturated carbocycles. The number of aryl methyl sites for hydroxylation is 2. The van der Waals surface area contributed by atoms with E-state index in [1.807, 2.05) is 0 Å². The molecule has 1 N–H and O–H groups in total. The van der Waals surface area contributed by atoms with Crippen LogP contribution in [0.3, 0.4) is 0 Å². The van der Waals surface area contributed by atoms with Crippen LogP contribution in [0, 0.1) is 6.92 Å². The summed E-state index contributed by atoms with van der Waals surface area (Å²) in [4.78, 5) is 0. The van der Waals surface area contributed by atoms with Gasteiger partial charge < -0.3 is 5.32 Å². The highest BCUT2D eigenvalue weighted by atomic mass is 14.8. The van der Waals surface area contributed by atoms with E-state index in [0.717, 1.165) is 6.54 Å². The summed E-state index contributed by atoms with van der Waals surface area (Å²) in [5, 5.41) is 3.31. The van der Waals surface area contributed by atoms with Gasteiger partial charge in [-0.05, 0) is 74.9 Å². The molecule has 1 aliphatic carbocycles. The fourth-order valence-electron chi connectivity index (χ4n) is 4.27. The van der Waals surface area contributed by atoms with E-state index in [1.54, 1.807) is 16.7 Å². The largest absolute Gasteiger partial charge is 0.320 e. The normalized spacial score (nSPS) is 20.6. The summed E-state index contributed by atoms with van der Waals surface area (Å²) in [6.07, 6.45) is 6.26. The fourth-order valence-corrected chi connectivity index (χ4v) is 4.27. The minimum atomic E-state index is 0.205. The second-order valence-electron chi connectivity index (χ2n) is 6.61. The van der Waals surface area contributed by atoms with E-state index in [1.165, 1.54) is 37.7 Å². The van der Waals surface area contributed by atoms with Gasteiger partial charge in [0.25, 0.3) is 0 Å². The van der Waals surface area contributed by atoms with Gasteiger partial charge in [-0.3, -0.25) is 0 Å². The van der Waals surface area contributed by atoms with Crippen LogP contribution in [0.15, 0.2) is 48.5 Å². The van der Waals surface area contributed by atoms with Crippen molar-refractivity contribution in [3.05, 3.63) is 70.8 Å². The molecule has 116 valence electrons. The Kier molecular flexibility index (Phi) is 4.63. The van der Waals surface area contributed by atoms with Gasteiger partial charge in [0.05, 0.1) is 0 Å². The number of benzene rings is 2. The third-order valence-corrected chi connectivity index (χ3v) is 5.27. The molecule has 0 aromatic heterocycles. The van der Waals surface area contributed by atoms with Gasteiger partial charge in [-0.2, -0.15) is 0 Å². The molecular weight excluding hydrogens is 266 g/mol. The van der Waals surface area contributed by atoms with Crippen molar-refractivity contribution < 1.29 is 0 Å². The van der Waals surface area contributed by atoms with Crippen molar-refractivity contribution in [2.24, 2.45) is 0 Å². The molecule has 0 radical (unpaired) electrons. The summed E-state index contributed by atoms with van der Waals surface area (Å²) < 4.78 is 0. The average Bonchev–Trinajstić information content (AvgIpc) is 2.56. The van der Waals surface area contributed by atoms with Crippen LogP contribution in [0.4, 0.5) is 0 Å². The second-order valence-corrected chi connectivity index (χ2v) is 6.61. The molecule has 0 aliphatic heterocycles. The summed E-state index contributed by atoms with van der Waals surface area (Å²) >= 11 is 0. The highest BCUT2D eigenvalue weighted by molar-refractivity contribution is 5.48. The Morgan fingerprint density at radius 2 is 1.73 bits per heavy atom. The molecule has 1 aliphatic rings. The van der Waals surface area contributed by atoms with E-state index in [9.17, 15) is 0 Å². The third-order valence-electron chi connectivity index (χ3n) is 5.27. The average molecular weight is 293 g/mol. The zero-order valence-corrected chi connectivity index (χ0v) is 13.9. The molecule has 3 rings (SSSR count). The van der Waals surface area contributed by atoms with Crippen molar-refractivity contribution in [3.63, 3.8) is 0 Å². The second kappa shape index (κ2) is 6.66. The van der Waals surface area contributed by atoms with E-state index in [0.29, 0.717) is 0 Å². The maximum Gasteiger partial charge on any atom is 0.0208 e. The topological polar surface area (TPSA) is 12.0 Å². The molecule has 2 aromatic carbocycles. The van der Waals surface area contributed by atoms with Gasteiger partial charge in [0.15, 0.2) is 0 Å². The molecule has 1 nitrogen and oxygen atoms in total. The Labute approximate surface area is 134 Å². The van der Waals surface area contributed by atoms with Crippen molar-refractivity contribution in [1.29, 1.82) is 0 Å². The van der Waals surface area contributed by atoms with Crippen molar-refractivity contribution in [2.45, 2.75) is 44.4 Å². The van der Waals surface area contributed by atoms with Crippen LogP contribution in [0.5, 0.6) is 0 Å². The standard InChI is InChI=1S/C21H27N/c1-17-9-3-5-12-19(17)21(15-8-16-22-2)14-7-11-18-10-4-6-13-20(18)21/h3-6,9-10,12-13,22H,7-8,11,14-16H2,1-2H3/t21-/m0/s1. The van der Waals surface area contributed by atoms with Gasteiger partial charge in [0.1, 0.15) is 0 Å². The summed E-state index contributed by atoms with van der Waals surface area (Å²) in [5.74, 6) is 0. The number of fused-ring (bicyclic) bond motifs is 1. The van der Waals surface area contributed by atoms with Crippen molar-refractivity contribution in [1.82, 2.24) is 5.32 Å². The first-order valence-electron chi connectivity index (χ1n) is 8.57. The number of rotatable bonds is 5. The molecule has 0 amide bonds.